The molecule has 1 aliphatic heterocycles. The van der Waals surface area contributed by atoms with Gasteiger partial charge in [-0.3, -0.25) is 4.98 Å². The van der Waals surface area contributed by atoms with E-state index < -0.39 is 0 Å². The summed E-state index contributed by atoms with van der Waals surface area (Å²) in [6.45, 7) is 2.02. The summed E-state index contributed by atoms with van der Waals surface area (Å²) in [6, 6.07) is 5.81. The molecule has 1 fully saturated rings. The lowest BCUT2D eigenvalue weighted by Gasteiger charge is -2.14. The molecule has 22 heavy (non-hydrogen) atoms. The molecule has 0 N–H and O–H groups in total. The number of hydrogen-bond acceptors (Lipinski definition) is 4. The van der Waals surface area contributed by atoms with Gasteiger partial charge in [0, 0.05) is 31.0 Å². The van der Waals surface area contributed by atoms with Gasteiger partial charge in [0.2, 0.25) is 0 Å². The number of rotatable bonds is 4. The third-order valence-electron chi connectivity index (χ3n) is 3.65. The number of pyridine rings is 2. The maximum atomic E-state index is 6.16. The number of aromatic nitrogens is 2. The lowest BCUT2D eigenvalue weighted by molar-refractivity contribution is 0.207. The van der Waals surface area contributed by atoms with E-state index in [0.717, 1.165) is 36.4 Å². The molecule has 114 valence electrons. The second-order valence-electron chi connectivity index (χ2n) is 5.46. The van der Waals surface area contributed by atoms with Crippen molar-refractivity contribution in [3.63, 3.8) is 0 Å². The fraction of sp³-hybridized carbons (Fsp3) is 0.294. The Bertz CT molecular complexity index is 660. The summed E-state index contributed by atoms with van der Waals surface area (Å²) in [6.07, 6.45) is 10.4. The summed E-state index contributed by atoms with van der Waals surface area (Å²) in [5.74, 6) is 0.763. The van der Waals surface area contributed by atoms with E-state index in [1.165, 1.54) is 0 Å². The molecule has 0 saturated carbocycles. The maximum Gasteiger partial charge on any atom is 0.138 e. The van der Waals surface area contributed by atoms with Crippen LogP contribution in [0.15, 0.2) is 36.8 Å². The van der Waals surface area contributed by atoms with E-state index >= 15 is 0 Å². The summed E-state index contributed by atoms with van der Waals surface area (Å²) < 4.78 is 5.99. The Morgan fingerprint density at radius 3 is 2.86 bits per heavy atom. The molecule has 1 saturated heterocycles. The Kier molecular flexibility index (Phi) is 4.71. The van der Waals surface area contributed by atoms with Crippen LogP contribution in [0.2, 0.25) is 5.15 Å². The monoisotopic (exact) mass is 315 g/mol. The zero-order valence-corrected chi connectivity index (χ0v) is 13.2. The minimum Gasteiger partial charge on any atom is -0.487 e. The molecular formula is C17H18ClN3O. The van der Waals surface area contributed by atoms with Gasteiger partial charge < -0.3 is 9.64 Å². The van der Waals surface area contributed by atoms with Crippen LogP contribution < -0.4 is 4.74 Å². The van der Waals surface area contributed by atoms with Crippen molar-refractivity contribution in [2.75, 3.05) is 20.1 Å². The molecule has 0 unspecified atom stereocenters. The van der Waals surface area contributed by atoms with Gasteiger partial charge in [-0.15, -0.1) is 0 Å². The minimum atomic E-state index is 0.227. The third-order valence-corrected chi connectivity index (χ3v) is 3.97. The van der Waals surface area contributed by atoms with E-state index in [0.29, 0.717) is 5.15 Å². The van der Waals surface area contributed by atoms with Crippen LogP contribution >= 0.6 is 11.6 Å². The molecular weight excluding hydrogens is 298 g/mol. The Hall–Kier alpha value is -1.91. The molecule has 1 aliphatic rings. The normalized spacial score (nSPS) is 18.9. The largest absolute Gasteiger partial charge is 0.487 e. The van der Waals surface area contributed by atoms with E-state index in [1.807, 2.05) is 30.4 Å². The van der Waals surface area contributed by atoms with Crippen LogP contribution in [-0.2, 0) is 0 Å². The van der Waals surface area contributed by atoms with Crippen molar-refractivity contribution in [2.45, 2.75) is 12.5 Å². The predicted molar refractivity (Wildman–Crippen MR) is 88.9 cm³/mol. The van der Waals surface area contributed by atoms with Crippen LogP contribution in [0.25, 0.3) is 12.2 Å². The van der Waals surface area contributed by atoms with E-state index in [-0.39, 0.29) is 6.10 Å². The van der Waals surface area contributed by atoms with Crippen LogP contribution in [0.1, 0.15) is 17.5 Å². The summed E-state index contributed by atoms with van der Waals surface area (Å²) in [4.78, 5) is 10.5. The first-order valence-electron chi connectivity index (χ1n) is 7.29. The second kappa shape index (κ2) is 6.90. The highest BCUT2D eigenvalue weighted by atomic mass is 35.5. The molecule has 0 aromatic carbocycles. The van der Waals surface area contributed by atoms with Crippen LogP contribution in [0, 0.1) is 0 Å². The first-order chi connectivity index (χ1) is 10.7. The van der Waals surface area contributed by atoms with Crippen LogP contribution in [0.4, 0.5) is 0 Å². The Morgan fingerprint density at radius 1 is 1.32 bits per heavy atom. The highest BCUT2D eigenvalue weighted by molar-refractivity contribution is 6.31. The van der Waals surface area contributed by atoms with Gasteiger partial charge in [0.25, 0.3) is 0 Å². The standard InChI is InChI=1S/C17H18ClN3O/c1-21-9-6-15(12-21)22-16-10-14(17(18)20-11-16)3-2-13-4-7-19-8-5-13/h2-5,7-8,10-11,15H,6,9,12H2,1H3/t15-/m0/s1. The fourth-order valence-electron chi connectivity index (χ4n) is 2.47. The third kappa shape index (κ3) is 3.84. The van der Waals surface area contributed by atoms with Gasteiger partial charge in [0.1, 0.15) is 17.0 Å². The van der Waals surface area contributed by atoms with Crippen molar-refractivity contribution >= 4 is 23.8 Å². The fourth-order valence-corrected chi connectivity index (χ4v) is 2.64. The molecule has 0 bridgehead atoms. The number of hydrogen-bond donors (Lipinski definition) is 0. The number of likely N-dealkylation sites (N-methyl/N-ethyl adjacent to an activating group) is 1. The zero-order chi connectivity index (χ0) is 15.4. The average molecular weight is 316 g/mol. The topological polar surface area (TPSA) is 38.2 Å². The van der Waals surface area contributed by atoms with Gasteiger partial charge in [-0.05, 0) is 37.2 Å². The molecule has 0 spiro atoms. The second-order valence-corrected chi connectivity index (χ2v) is 5.81. The van der Waals surface area contributed by atoms with Crippen LogP contribution in [-0.4, -0.2) is 41.1 Å². The van der Waals surface area contributed by atoms with Crippen molar-refractivity contribution in [1.82, 2.24) is 14.9 Å². The highest BCUT2D eigenvalue weighted by Gasteiger charge is 2.21. The van der Waals surface area contributed by atoms with E-state index in [4.69, 9.17) is 16.3 Å². The smallest absolute Gasteiger partial charge is 0.138 e. The average Bonchev–Trinajstić information content (AvgIpc) is 2.94. The van der Waals surface area contributed by atoms with Crippen LogP contribution in [0.3, 0.4) is 0 Å². The van der Waals surface area contributed by atoms with Gasteiger partial charge in [-0.1, -0.05) is 23.8 Å². The van der Waals surface area contributed by atoms with E-state index in [1.54, 1.807) is 18.6 Å². The molecule has 3 heterocycles. The summed E-state index contributed by atoms with van der Waals surface area (Å²) in [7, 11) is 2.10. The van der Waals surface area contributed by atoms with Gasteiger partial charge in [-0.25, -0.2) is 4.98 Å². The summed E-state index contributed by atoms with van der Waals surface area (Å²) >= 11 is 6.16. The zero-order valence-electron chi connectivity index (χ0n) is 12.4. The molecule has 5 heteroatoms. The number of halogens is 1. The first-order valence-corrected chi connectivity index (χ1v) is 7.67. The molecule has 2 aromatic heterocycles. The Labute approximate surface area is 135 Å². The van der Waals surface area contributed by atoms with Crippen molar-refractivity contribution in [1.29, 1.82) is 0 Å². The Morgan fingerprint density at radius 2 is 2.14 bits per heavy atom. The maximum absolute atomic E-state index is 6.16. The number of nitrogens with zero attached hydrogens (tertiary/aromatic N) is 3. The quantitative estimate of drug-likeness (QED) is 0.811. The summed E-state index contributed by atoms with van der Waals surface area (Å²) in [5.41, 5.74) is 1.91. The predicted octanol–water partition coefficient (Wildman–Crippen LogP) is 3.38. The molecule has 2 aromatic rings. The van der Waals surface area contributed by atoms with Gasteiger partial charge >= 0.3 is 0 Å². The molecule has 0 aliphatic carbocycles. The molecule has 0 radical (unpaired) electrons. The molecule has 0 amide bonds. The molecule has 3 rings (SSSR count). The van der Waals surface area contributed by atoms with Crippen molar-refractivity contribution in [3.05, 3.63) is 53.1 Å². The minimum absolute atomic E-state index is 0.227. The van der Waals surface area contributed by atoms with Gasteiger partial charge in [-0.2, -0.15) is 0 Å². The van der Waals surface area contributed by atoms with Gasteiger partial charge in [0.05, 0.1) is 6.20 Å². The molecule has 1 atom stereocenters. The van der Waals surface area contributed by atoms with Gasteiger partial charge in [0.15, 0.2) is 0 Å². The first kappa shape index (κ1) is 15.0. The number of ether oxygens (including phenoxy) is 1. The van der Waals surface area contributed by atoms with E-state index in [9.17, 15) is 0 Å². The lowest BCUT2D eigenvalue weighted by Crippen LogP contribution is -2.21. The van der Waals surface area contributed by atoms with E-state index in [2.05, 4.69) is 21.9 Å². The van der Waals surface area contributed by atoms with Crippen molar-refractivity contribution in [3.8, 4) is 5.75 Å². The van der Waals surface area contributed by atoms with Crippen molar-refractivity contribution in [2.24, 2.45) is 0 Å². The van der Waals surface area contributed by atoms with Crippen molar-refractivity contribution < 1.29 is 4.74 Å². The van der Waals surface area contributed by atoms with Crippen LogP contribution in [0.5, 0.6) is 5.75 Å². The lowest BCUT2D eigenvalue weighted by atomic mass is 10.2. The SMILES string of the molecule is CN1CC[C@H](Oc2cnc(Cl)c(C=Cc3ccncc3)c2)C1. The number of likely N-dealkylation sites (tertiary alicyclic amines) is 1. The Balaban J connectivity index is 1.74. The highest BCUT2D eigenvalue weighted by Crippen LogP contribution is 2.23. The molecule has 4 nitrogen and oxygen atoms in total. The summed E-state index contributed by atoms with van der Waals surface area (Å²) in [5, 5.41) is 0.473.